The van der Waals surface area contributed by atoms with Crippen LogP contribution in [0.2, 0.25) is 0 Å². The normalized spacial score (nSPS) is 19.0. The monoisotopic (exact) mass is 370 g/mol. The van der Waals surface area contributed by atoms with E-state index in [4.69, 9.17) is 9.15 Å². The van der Waals surface area contributed by atoms with Crippen LogP contribution in [0.1, 0.15) is 35.3 Å². The average Bonchev–Trinajstić information content (AvgIpc) is 3.28. The van der Waals surface area contributed by atoms with Gasteiger partial charge in [-0.05, 0) is 37.6 Å². The van der Waals surface area contributed by atoms with Gasteiger partial charge in [0.1, 0.15) is 5.76 Å². The summed E-state index contributed by atoms with van der Waals surface area (Å²) in [5.74, 6) is 0.894. The first kappa shape index (κ1) is 18.0. The number of nitrogens with zero attached hydrogens (tertiary/aromatic N) is 4. The number of aromatic nitrogens is 2. The van der Waals surface area contributed by atoms with Crippen molar-refractivity contribution in [2.45, 2.75) is 26.4 Å². The summed E-state index contributed by atoms with van der Waals surface area (Å²) in [7, 11) is 0. The fourth-order valence-electron chi connectivity index (χ4n) is 3.71. The van der Waals surface area contributed by atoms with Crippen molar-refractivity contribution in [2.75, 3.05) is 39.4 Å². The number of carbonyl (C=O) groups excluding carboxylic acids is 1. The smallest absolute Gasteiger partial charge is 0.274 e. The highest BCUT2D eigenvalue weighted by Gasteiger charge is 2.24. The van der Waals surface area contributed by atoms with Crippen LogP contribution in [0.15, 0.2) is 34.5 Å². The summed E-state index contributed by atoms with van der Waals surface area (Å²) in [6.45, 7) is 8.16. The summed E-state index contributed by atoms with van der Waals surface area (Å²) < 4.78 is 12.7. The molecule has 0 N–H and O–H groups in total. The standard InChI is InChI=1S/C20H26N4O3/c1-16(12-18-4-2-9-27-18)14-22-5-3-6-24-17(15-22)13-19(21-24)20(25)23-7-10-26-11-8-23/h2,4,9,12-13H,3,5-8,10-11,14-15H2,1H3/b16-12+. The molecule has 2 aromatic rings. The van der Waals surface area contributed by atoms with Gasteiger partial charge in [0.05, 0.1) is 25.2 Å². The Balaban J connectivity index is 1.44. The zero-order chi connectivity index (χ0) is 18.6. The molecule has 0 bridgehead atoms. The van der Waals surface area contributed by atoms with Crippen LogP contribution in [-0.2, 0) is 17.8 Å². The van der Waals surface area contributed by atoms with Crippen LogP contribution in [0.25, 0.3) is 6.08 Å². The van der Waals surface area contributed by atoms with Gasteiger partial charge < -0.3 is 14.1 Å². The Morgan fingerprint density at radius 2 is 2.11 bits per heavy atom. The topological polar surface area (TPSA) is 63.7 Å². The molecule has 4 rings (SSSR count). The Hall–Kier alpha value is -2.38. The molecule has 1 saturated heterocycles. The molecule has 0 unspecified atom stereocenters. The van der Waals surface area contributed by atoms with Gasteiger partial charge in [0.25, 0.3) is 5.91 Å². The number of furan rings is 1. The van der Waals surface area contributed by atoms with Crippen LogP contribution in [-0.4, -0.2) is 64.9 Å². The molecule has 0 aliphatic carbocycles. The van der Waals surface area contributed by atoms with Gasteiger partial charge >= 0.3 is 0 Å². The van der Waals surface area contributed by atoms with E-state index in [0.29, 0.717) is 32.0 Å². The van der Waals surface area contributed by atoms with Gasteiger partial charge in [0, 0.05) is 39.3 Å². The fourth-order valence-corrected chi connectivity index (χ4v) is 3.71. The van der Waals surface area contributed by atoms with E-state index in [1.165, 1.54) is 5.57 Å². The zero-order valence-electron chi connectivity index (χ0n) is 15.8. The summed E-state index contributed by atoms with van der Waals surface area (Å²) in [6, 6.07) is 5.82. The lowest BCUT2D eigenvalue weighted by Gasteiger charge is -2.26. The fraction of sp³-hybridized carbons (Fsp3) is 0.500. The third-order valence-electron chi connectivity index (χ3n) is 5.02. The lowest BCUT2D eigenvalue weighted by molar-refractivity contribution is 0.0298. The largest absolute Gasteiger partial charge is 0.465 e. The molecule has 1 amide bonds. The molecule has 144 valence electrons. The van der Waals surface area contributed by atoms with Crippen LogP contribution < -0.4 is 0 Å². The zero-order valence-corrected chi connectivity index (χ0v) is 15.8. The molecule has 2 aliphatic rings. The Kier molecular flexibility index (Phi) is 5.40. The minimum Gasteiger partial charge on any atom is -0.465 e. The number of rotatable bonds is 4. The number of hydrogen-bond donors (Lipinski definition) is 0. The van der Waals surface area contributed by atoms with E-state index in [-0.39, 0.29) is 5.91 Å². The molecule has 7 heteroatoms. The Labute approximate surface area is 159 Å². The first-order valence-corrected chi connectivity index (χ1v) is 9.56. The number of carbonyl (C=O) groups is 1. The highest BCUT2D eigenvalue weighted by atomic mass is 16.5. The molecule has 4 heterocycles. The van der Waals surface area contributed by atoms with E-state index in [1.54, 1.807) is 6.26 Å². The van der Waals surface area contributed by atoms with Crippen molar-refractivity contribution in [1.82, 2.24) is 19.6 Å². The predicted molar refractivity (Wildman–Crippen MR) is 101 cm³/mol. The highest BCUT2D eigenvalue weighted by Crippen LogP contribution is 2.17. The number of amides is 1. The second-order valence-electron chi connectivity index (χ2n) is 7.22. The quantitative estimate of drug-likeness (QED) is 0.826. The van der Waals surface area contributed by atoms with E-state index in [1.807, 2.05) is 27.8 Å². The van der Waals surface area contributed by atoms with E-state index < -0.39 is 0 Å². The van der Waals surface area contributed by atoms with Crippen molar-refractivity contribution in [3.05, 3.63) is 47.2 Å². The van der Waals surface area contributed by atoms with Gasteiger partial charge in [-0.25, -0.2) is 0 Å². The summed E-state index contributed by atoms with van der Waals surface area (Å²) in [4.78, 5) is 16.9. The van der Waals surface area contributed by atoms with Crippen LogP contribution in [0.5, 0.6) is 0 Å². The number of aryl methyl sites for hydroxylation is 1. The van der Waals surface area contributed by atoms with E-state index in [2.05, 4.69) is 23.0 Å². The van der Waals surface area contributed by atoms with Crippen LogP contribution >= 0.6 is 0 Å². The number of morpholine rings is 1. The molecule has 0 atom stereocenters. The molecular weight excluding hydrogens is 344 g/mol. The maximum atomic E-state index is 12.7. The van der Waals surface area contributed by atoms with Crippen LogP contribution in [0.3, 0.4) is 0 Å². The second kappa shape index (κ2) is 8.10. The SMILES string of the molecule is C/C(=C\c1ccco1)CN1CCCn2nc(C(=O)N3CCOCC3)cc2C1. The lowest BCUT2D eigenvalue weighted by atomic mass is 10.2. The van der Waals surface area contributed by atoms with Gasteiger partial charge in [-0.2, -0.15) is 5.10 Å². The minimum absolute atomic E-state index is 0.0133. The summed E-state index contributed by atoms with van der Waals surface area (Å²) in [5, 5.41) is 4.59. The molecule has 27 heavy (non-hydrogen) atoms. The van der Waals surface area contributed by atoms with Crippen molar-refractivity contribution in [3.8, 4) is 0 Å². The molecule has 2 aromatic heterocycles. The van der Waals surface area contributed by atoms with E-state index in [0.717, 1.165) is 44.1 Å². The molecule has 7 nitrogen and oxygen atoms in total. The molecular formula is C20H26N4O3. The minimum atomic E-state index is 0.0133. The molecule has 2 aliphatic heterocycles. The van der Waals surface area contributed by atoms with Crippen LogP contribution in [0, 0.1) is 0 Å². The van der Waals surface area contributed by atoms with Gasteiger partial charge in [0.15, 0.2) is 5.69 Å². The van der Waals surface area contributed by atoms with Gasteiger partial charge in [-0.15, -0.1) is 0 Å². The molecule has 0 aromatic carbocycles. The first-order valence-electron chi connectivity index (χ1n) is 9.56. The molecule has 0 spiro atoms. The van der Waals surface area contributed by atoms with E-state index in [9.17, 15) is 4.79 Å². The van der Waals surface area contributed by atoms with Gasteiger partial charge in [0.2, 0.25) is 0 Å². The molecule has 0 saturated carbocycles. The van der Waals surface area contributed by atoms with Crippen molar-refractivity contribution >= 4 is 12.0 Å². The maximum Gasteiger partial charge on any atom is 0.274 e. The average molecular weight is 370 g/mol. The van der Waals surface area contributed by atoms with Crippen molar-refractivity contribution < 1.29 is 13.9 Å². The van der Waals surface area contributed by atoms with Crippen molar-refractivity contribution in [2.24, 2.45) is 0 Å². The molecule has 1 fully saturated rings. The second-order valence-corrected chi connectivity index (χ2v) is 7.22. The third kappa shape index (κ3) is 4.31. The number of hydrogen-bond acceptors (Lipinski definition) is 5. The Morgan fingerprint density at radius 1 is 1.26 bits per heavy atom. The Bertz CT molecular complexity index is 803. The number of fused-ring (bicyclic) bond motifs is 1. The predicted octanol–water partition coefficient (Wildman–Crippen LogP) is 2.26. The summed E-state index contributed by atoms with van der Waals surface area (Å²) >= 11 is 0. The third-order valence-corrected chi connectivity index (χ3v) is 5.02. The number of ether oxygens (including phenoxy) is 1. The lowest BCUT2D eigenvalue weighted by Crippen LogP contribution is -2.40. The van der Waals surface area contributed by atoms with Crippen molar-refractivity contribution in [1.29, 1.82) is 0 Å². The first-order chi connectivity index (χ1) is 13.2. The van der Waals surface area contributed by atoms with Gasteiger partial charge in [-0.1, -0.05) is 5.57 Å². The highest BCUT2D eigenvalue weighted by molar-refractivity contribution is 5.92. The van der Waals surface area contributed by atoms with Crippen molar-refractivity contribution in [3.63, 3.8) is 0 Å². The van der Waals surface area contributed by atoms with Crippen LogP contribution in [0.4, 0.5) is 0 Å². The summed E-state index contributed by atoms with van der Waals surface area (Å²) in [5.41, 5.74) is 2.91. The maximum absolute atomic E-state index is 12.7. The van der Waals surface area contributed by atoms with Gasteiger partial charge in [-0.3, -0.25) is 14.4 Å². The summed E-state index contributed by atoms with van der Waals surface area (Å²) in [6.07, 6.45) is 4.79. The molecule has 0 radical (unpaired) electrons. The Morgan fingerprint density at radius 3 is 2.89 bits per heavy atom. The van der Waals surface area contributed by atoms with E-state index >= 15 is 0 Å².